The molecular formula is C18H21N5. The third kappa shape index (κ3) is 2.92. The van der Waals surface area contributed by atoms with Crippen LogP contribution in [-0.2, 0) is 6.54 Å². The van der Waals surface area contributed by atoms with Gasteiger partial charge in [0.1, 0.15) is 17.8 Å². The van der Waals surface area contributed by atoms with Crippen molar-refractivity contribution < 1.29 is 0 Å². The van der Waals surface area contributed by atoms with E-state index in [1.54, 1.807) is 6.33 Å². The second-order valence-corrected chi connectivity index (χ2v) is 6.30. The van der Waals surface area contributed by atoms with Gasteiger partial charge in [0.2, 0.25) is 0 Å². The molecule has 0 amide bonds. The van der Waals surface area contributed by atoms with Crippen LogP contribution in [0.5, 0.6) is 0 Å². The van der Waals surface area contributed by atoms with E-state index in [0.717, 1.165) is 36.4 Å². The van der Waals surface area contributed by atoms with Crippen LogP contribution in [0.15, 0.2) is 48.9 Å². The number of nitrogens with zero attached hydrogens (tertiary/aromatic N) is 3. The highest BCUT2D eigenvalue weighted by Gasteiger charge is 2.29. The van der Waals surface area contributed by atoms with E-state index in [0.29, 0.717) is 12.1 Å². The van der Waals surface area contributed by atoms with Crippen molar-refractivity contribution in [3.63, 3.8) is 0 Å². The standard InChI is InChI=1S/C18H21N5/c1-13-9-15(11-23(13)10-14-5-3-2-4-6-14)22-18-16-7-8-19-17(16)20-12-21-18/h2-8,12-13,15H,9-11H2,1H3,(H2,19,20,21,22). The zero-order chi connectivity index (χ0) is 15.6. The van der Waals surface area contributed by atoms with Gasteiger partial charge in [-0.25, -0.2) is 9.97 Å². The van der Waals surface area contributed by atoms with Gasteiger partial charge in [-0.3, -0.25) is 4.90 Å². The third-order valence-electron chi connectivity index (χ3n) is 4.63. The SMILES string of the molecule is CC1CC(Nc2ncnc3[nH]ccc23)CN1Cc1ccccc1. The molecule has 0 spiro atoms. The summed E-state index contributed by atoms with van der Waals surface area (Å²) in [5.41, 5.74) is 2.25. The lowest BCUT2D eigenvalue weighted by Crippen LogP contribution is -2.28. The van der Waals surface area contributed by atoms with Gasteiger partial charge in [-0.2, -0.15) is 0 Å². The minimum Gasteiger partial charge on any atom is -0.365 e. The lowest BCUT2D eigenvalue weighted by molar-refractivity contribution is 0.259. The number of likely N-dealkylation sites (tertiary alicyclic amines) is 1. The Kier molecular flexibility index (Phi) is 3.71. The highest BCUT2D eigenvalue weighted by atomic mass is 15.2. The van der Waals surface area contributed by atoms with Crippen LogP contribution in [-0.4, -0.2) is 38.5 Å². The molecule has 0 bridgehead atoms. The molecule has 5 heteroatoms. The molecule has 1 aliphatic rings. The number of fused-ring (bicyclic) bond motifs is 1. The van der Waals surface area contributed by atoms with Crippen LogP contribution in [0.3, 0.4) is 0 Å². The van der Waals surface area contributed by atoms with Crippen molar-refractivity contribution in [3.8, 4) is 0 Å². The fourth-order valence-electron chi connectivity index (χ4n) is 3.42. The predicted octanol–water partition coefficient (Wildman–Crippen LogP) is 3.03. The van der Waals surface area contributed by atoms with E-state index in [2.05, 4.69) is 62.4 Å². The van der Waals surface area contributed by atoms with Crippen LogP contribution in [0, 0.1) is 0 Å². The van der Waals surface area contributed by atoms with Gasteiger partial charge >= 0.3 is 0 Å². The number of nitrogens with one attached hydrogen (secondary N) is 2. The lowest BCUT2D eigenvalue weighted by atomic mass is 10.2. The molecule has 0 saturated carbocycles. The molecule has 23 heavy (non-hydrogen) atoms. The molecule has 4 rings (SSSR count). The number of benzene rings is 1. The molecular weight excluding hydrogens is 286 g/mol. The van der Waals surface area contributed by atoms with Crippen molar-refractivity contribution in [2.45, 2.75) is 32.0 Å². The van der Waals surface area contributed by atoms with Crippen LogP contribution < -0.4 is 5.32 Å². The molecule has 3 heterocycles. The normalized spacial score (nSPS) is 21.8. The molecule has 0 aliphatic carbocycles. The largest absolute Gasteiger partial charge is 0.365 e. The van der Waals surface area contributed by atoms with E-state index < -0.39 is 0 Å². The number of H-pyrrole nitrogens is 1. The summed E-state index contributed by atoms with van der Waals surface area (Å²) in [6.45, 7) is 4.34. The van der Waals surface area contributed by atoms with Crippen LogP contribution in [0.1, 0.15) is 18.9 Å². The first-order valence-electron chi connectivity index (χ1n) is 8.12. The first-order valence-corrected chi connectivity index (χ1v) is 8.12. The number of aromatic amines is 1. The van der Waals surface area contributed by atoms with Gasteiger partial charge < -0.3 is 10.3 Å². The molecule has 3 aromatic rings. The molecule has 1 aliphatic heterocycles. The maximum atomic E-state index is 4.42. The minimum atomic E-state index is 0.418. The average Bonchev–Trinajstić information content (AvgIpc) is 3.16. The summed E-state index contributed by atoms with van der Waals surface area (Å²) in [6.07, 6.45) is 4.65. The van der Waals surface area contributed by atoms with E-state index in [1.807, 2.05) is 12.3 Å². The number of rotatable bonds is 4. The van der Waals surface area contributed by atoms with E-state index in [4.69, 9.17) is 0 Å². The maximum Gasteiger partial charge on any atom is 0.142 e. The minimum absolute atomic E-state index is 0.418. The van der Waals surface area contributed by atoms with Crippen LogP contribution in [0.2, 0.25) is 0 Å². The first-order chi connectivity index (χ1) is 11.3. The maximum absolute atomic E-state index is 4.42. The van der Waals surface area contributed by atoms with Crippen molar-refractivity contribution in [3.05, 3.63) is 54.5 Å². The molecule has 0 radical (unpaired) electrons. The molecule has 5 nitrogen and oxygen atoms in total. The molecule has 2 N–H and O–H groups in total. The Morgan fingerprint density at radius 3 is 2.96 bits per heavy atom. The number of hydrogen-bond donors (Lipinski definition) is 2. The van der Waals surface area contributed by atoms with Gasteiger partial charge in [0, 0.05) is 31.4 Å². The quantitative estimate of drug-likeness (QED) is 0.778. The molecule has 1 fully saturated rings. The van der Waals surface area contributed by atoms with Crippen LogP contribution >= 0.6 is 0 Å². The van der Waals surface area contributed by atoms with Crippen molar-refractivity contribution in [2.75, 3.05) is 11.9 Å². The summed E-state index contributed by atoms with van der Waals surface area (Å²) in [5, 5.41) is 4.66. The molecule has 2 atom stereocenters. The van der Waals surface area contributed by atoms with Crippen LogP contribution in [0.25, 0.3) is 11.0 Å². The smallest absolute Gasteiger partial charge is 0.142 e. The molecule has 1 saturated heterocycles. The topological polar surface area (TPSA) is 56.8 Å². The fourth-order valence-corrected chi connectivity index (χ4v) is 3.42. The second-order valence-electron chi connectivity index (χ2n) is 6.30. The zero-order valence-corrected chi connectivity index (χ0v) is 13.2. The Morgan fingerprint density at radius 2 is 2.09 bits per heavy atom. The van der Waals surface area contributed by atoms with Gasteiger partial charge in [0.25, 0.3) is 0 Å². The molecule has 118 valence electrons. The van der Waals surface area contributed by atoms with Crippen molar-refractivity contribution in [2.24, 2.45) is 0 Å². The van der Waals surface area contributed by atoms with E-state index in [1.165, 1.54) is 5.56 Å². The average molecular weight is 307 g/mol. The number of hydrogen-bond acceptors (Lipinski definition) is 4. The summed E-state index contributed by atoms with van der Waals surface area (Å²) in [7, 11) is 0. The molecule has 2 unspecified atom stereocenters. The lowest BCUT2D eigenvalue weighted by Gasteiger charge is -2.21. The van der Waals surface area contributed by atoms with Gasteiger partial charge in [-0.05, 0) is 25.0 Å². The summed E-state index contributed by atoms with van der Waals surface area (Å²) in [6, 6.07) is 13.7. The Labute approximate surface area is 135 Å². The monoisotopic (exact) mass is 307 g/mol. The predicted molar refractivity (Wildman–Crippen MR) is 92.2 cm³/mol. The van der Waals surface area contributed by atoms with E-state index in [-0.39, 0.29) is 0 Å². The fraction of sp³-hybridized carbons (Fsp3) is 0.333. The summed E-state index contributed by atoms with van der Waals surface area (Å²) in [5.74, 6) is 0.926. The zero-order valence-electron chi connectivity index (χ0n) is 13.2. The molecule has 1 aromatic carbocycles. The van der Waals surface area contributed by atoms with E-state index >= 15 is 0 Å². The number of aromatic nitrogens is 3. The Hall–Kier alpha value is -2.40. The molecule has 2 aromatic heterocycles. The highest BCUT2D eigenvalue weighted by Crippen LogP contribution is 2.25. The Morgan fingerprint density at radius 1 is 1.22 bits per heavy atom. The van der Waals surface area contributed by atoms with Gasteiger partial charge in [-0.1, -0.05) is 30.3 Å². The Bertz CT molecular complexity index is 782. The second kappa shape index (κ2) is 6.01. The van der Waals surface area contributed by atoms with Crippen molar-refractivity contribution in [1.82, 2.24) is 19.9 Å². The van der Waals surface area contributed by atoms with Crippen LogP contribution in [0.4, 0.5) is 5.82 Å². The highest BCUT2D eigenvalue weighted by molar-refractivity contribution is 5.86. The number of anilines is 1. The summed E-state index contributed by atoms with van der Waals surface area (Å²) < 4.78 is 0. The van der Waals surface area contributed by atoms with Crippen molar-refractivity contribution in [1.29, 1.82) is 0 Å². The van der Waals surface area contributed by atoms with Gasteiger partial charge in [-0.15, -0.1) is 0 Å². The summed E-state index contributed by atoms with van der Waals surface area (Å²) >= 11 is 0. The van der Waals surface area contributed by atoms with Crippen molar-refractivity contribution >= 4 is 16.9 Å². The first kappa shape index (κ1) is 14.2. The van der Waals surface area contributed by atoms with E-state index in [9.17, 15) is 0 Å². The Balaban J connectivity index is 1.46. The van der Waals surface area contributed by atoms with Gasteiger partial charge in [0.15, 0.2) is 0 Å². The summed E-state index contributed by atoms with van der Waals surface area (Å²) in [4.78, 5) is 14.3. The van der Waals surface area contributed by atoms with Gasteiger partial charge in [0.05, 0.1) is 5.39 Å². The third-order valence-corrected chi connectivity index (χ3v) is 4.63.